The first-order valence-electron chi connectivity index (χ1n) is 6.25. The van der Waals surface area contributed by atoms with Crippen LogP contribution in [0.4, 0.5) is 5.82 Å². The molecule has 0 radical (unpaired) electrons. The van der Waals surface area contributed by atoms with Gasteiger partial charge < -0.3 is 9.47 Å². The van der Waals surface area contributed by atoms with Crippen LogP contribution >= 0.6 is 15.9 Å². The number of anilines is 1. The molecule has 0 unspecified atom stereocenters. The number of hydrogen-bond acceptors (Lipinski definition) is 5. The molecule has 1 aromatic carbocycles. The molecule has 0 aliphatic heterocycles. The second-order valence-corrected chi connectivity index (χ2v) is 6.92. The molecule has 1 aromatic heterocycles. The van der Waals surface area contributed by atoms with Gasteiger partial charge in [0, 0.05) is 10.5 Å². The minimum atomic E-state index is -3.76. The van der Waals surface area contributed by atoms with Crippen LogP contribution in [-0.2, 0) is 10.0 Å². The lowest BCUT2D eigenvalue weighted by atomic mass is 10.3. The molecule has 0 spiro atoms. The van der Waals surface area contributed by atoms with Crippen LogP contribution < -0.4 is 14.2 Å². The monoisotopic (exact) mass is 386 g/mol. The van der Waals surface area contributed by atoms with Crippen LogP contribution in [0.2, 0.25) is 0 Å². The molecule has 0 aliphatic rings. The average molecular weight is 387 g/mol. The largest absolute Gasteiger partial charge is 0.493 e. The van der Waals surface area contributed by atoms with Gasteiger partial charge in [0.15, 0.2) is 11.5 Å². The van der Waals surface area contributed by atoms with E-state index in [4.69, 9.17) is 9.47 Å². The van der Waals surface area contributed by atoms with Crippen LogP contribution in [0.5, 0.6) is 11.5 Å². The summed E-state index contributed by atoms with van der Waals surface area (Å²) in [6.45, 7) is 1.78. The summed E-state index contributed by atoms with van der Waals surface area (Å²) in [5, 5.41) is 0. The second-order valence-electron chi connectivity index (χ2n) is 4.39. The first-order chi connectivity index (χ1) is 10.4. The van der Waals surface area contributed by atoms with Gasteiger partial charge in [0.05, 0.1) is 24.8 Å². The molecule has 1 N–H and O–H groups in total. The van der Waals surface area contributed by atoms with Crippen LogP contribution in [0.1, 0.15) is 5.69 Å². The van der Waals surface area contributed by atoms with Gasteiger partial charge in [-0.25, -0.2) is 13.4 Å². The lowest BCUT2D eigenvalue weighted by molar-refractivity contribution is 0.354. The Kier molecular flexibility index (Phi) is 4.92. The molecule has 0 aliphatic carbocycles. The van der Waals surface area contributed by atoms with E-state index in [1.807, 2.05) is 0 Å². The number of methoxy groups -OCH3 is 2. The zero-order valence-corrected chi connectivity index (χ0v) is 14.7. The van der Waals surface area contributed by atoms with Crippen molar-refractivity contribution in [2.45, 2.75) is 11.8 Å². The van der Waals surface area contributed by atoms with E-state index in [-0.39, 0.29) is 10.7 Å². The zero-order chi connectivity index (χ0) is 16.3. The number of pyridine rings is 1. The highest BCUT2D eigenvalue weighted by atomic mass is 79.9. The number of hydrogen-bond donors (Lipinski definition) is 1. The predicted octanol–water partition coefficient (Wildman–Crippen LogP) is 2.97. The Labute approximate surface area is 137 Å². The predicted molar refractivity (Wildman–Crippen MR) is 87.0 cm³/mol. The maximum atomic E-state index is 12.4. The summed E-state index contributed by atoms with van der Waals surface area (Å²) in [5.41, 5.74) is 0.688. The van der Waals surface area contributed by atoms with Crippen LogP contribution in [0.15, 0.2) is 39.7 Å². The summed E-state index contributed by atoms with van der Waals surface area (Å²) in [6, 6.07) is 7.68. The van der Waals surface area contributed by atoms with Gasteiger partial charge in [-0.2, -0.15) is 0 Å². The highest BCUT2D eigenvalue weighted by molar-refractivity contribution is 9.10. The summed E-state index contributed by atoms with van der Waals surface area (Å²) in [7, 11) is -0.833. The number of sulfonamides is 1. The lowest BCUT2D eigenvalue weighted by Gasteiger charge is -2.11. The van der Waals surface area contributed by atoms with E-state index in [0.29, 0.717) is 17.2 Å². The number of ether oxygens (including phenoxy) is 2. The Morgan fingerprint density at radius 1 is 1.09 bits per heavy atom. The molecule has 6 nitrogen and oxygen atoms in total. The van der Waals surface area contributed by atoms with Crippen molar-refractivity contribution >= 4 is 31.8 Å². The minimum absolute atomic E-state index is 0.0625. The Hall–Kier alpha value is -1.80. The molecule has 0 saturated carbocycles. The van der Waals surface area contributed by atoms with Crippen LogP contribution in [0.25, 0.3) is 0 Å². The minimum Gasteiger partial charge on any atom is -0.493 e. The highest BCUT2D eigenvalue weighted by Crippen LogP contribution is 2.30. The third kappa shape index (κ3) is 3.50. The van der Waals surface area contributed by atoms with Crippen LogP contribution in [0.3, 0.4) is 0 Å². The van der Waals surface area contributed by atoms with Gasteiger partial charge in [-0.05, 0) is 47.1 Å². The van der Waals surface area contributed by atoms with Crippen molar-refractivity contribution in [2.24, 2.45) is 0 Å². The van der Waals surface area contributed by atoms with Gasteiger partial charge in [0.2, 0.25) is 0 Å². The fourth-order valence-corrected chi connectivity index (χ4v) is 3.02. The zero-order valence-electron chi connectivity index (χ0n) is 12.3. The van der Waals surface area contributed by atoms with Crippen molar-refractivity contribution in [3.8, 4) is 11.5 Å². The topological polar surface area (TPSA) is 77.5 Å². The van der Waals surface area contributed by atoms with Crippen molar-refractivity contribution in [3.05, 3.63) is 40.5 Å². The van der Waals surface area contributed by atoms with Gasteiger partial charge in [0.25, 0.3) is 10.0 Å². The molecule has 22 heavy (non-hydrogen) atoms. The summed E-state index contributed by atoms with van der Waals surface area (Å²) in [6.07, 6.45) is 0. The summed E-state index contributed by atoms with van der Waals surface area (Å²) < 4.78 is 38.3. The van der Waals surface area contributed by atoms with Gasteiger partial charge in [-0.3, -0.25) is 4.72 Å². The molecule has 0 amide bonds. The first kappa shape index (κ1) is 16.6. The van der Waals surface area contributed by atoms with Crippen molar-refractivity contribution in [2.75, 3.05) is 18.9 Å². The summed E-state index contributed by atoms with van der Waals surface area (Å²) in [4.78, 5) is 4.23. The molecule has 0 atom stereocenters. The van der Waals surface area contributed by atoms with E-state index in [1.54, 1.807) is 19.1 Å². The molecule has 1 heterocycles. The molecule has 2 aromatic rings. The Morgan fingerprint density at radius 2 is 1.77 bits per heavy atom. The van der Waals surface area contributed by atoms with E-state index < -0.39 is 10.0 Å². The van der Waals surface area contributed by atoms with Crippen LogP contribution in [0, 0.1) is 6.92 Å². The quantitative estimate of drug-likeness (QED) is 0.854. The third-order valence-electron chi connectivity index (χ3n) is 2.93. The maximum Gasteiger partial charge on any atom is 0.263 e. The van der Waals surface area contributed by atoms with Gasteiger partial charge in [-0.1, -0.05) is 0 Å². The van der Waals surface area contributed by atoms with Crippen molar-refractivity contribution in [1.29, 1.82) is 0 Å². The molecule has 8 heteroatoms. The standard InChI is InChI=1S/C14H15BrN2O4S/c1-9-11(15)5-7-14(16-9)17-22(18,19)10-4-6-12(20-2)13(8-10)21-3/h4-8H,1-3H3,(H,16,17). The first-order valence-corrected chi connectivity index (χ1v) is 8.53. The van der Waals surface area contributed by atoms with E-state index >= 15 is 0 Å². The molecule has 0 saturated heterocycles. The fraction of sp³-hybridized carbons (Fsp3) is 0.214. The van der Waals surface area contributed by atoms with Gasteiger partial charge >= 0.3 is 0 Å². The molecular formula is C14H15BrN2O4S. The fourth-order valence-electron chi connectivity index (χ4n) is 1.78. The number of aromatic nitrogens is 1. The second kappa shape index (κ2) is 6.53. The number of aryl methyl sites for hydroxylation is 1. The number of benzene rings is 1. The molecule has 118 valence electrons. The maximum absolute atomic E-state index is 12.4. The molecule has 0 bridgehead atoms. The van der Waals surface area contributed by atoms with E-state index in [0.717, 1.165) is 4.47 Å². The van der Waals surface area contributed by atoms with Crippen LogP contribution in [-0.4, -0.2) is 27.6 Å². The van der Waals surface area contributed by atoms with E-state index in [1.165, 1.54) is 32.4 Å². The van der Waals surface area contributed by atoms with E-state index in [9.17, 15) is 8.42 Å². The smallest absolute Gasteiger partial charge is 0.263 e. The lowest BCUT2D eigenvalue weighted by Crippen LogP contribution is -2.14. The van der Waals surface area contributed by atoms with Gasteiger partial charge in [0.1, 0.15) is 5.82 Å². The highest BCUT2D eigenvalue weighted by Gasteiger charge is 2.18. The normalized spacial score (nSPS) is 11.1. The average Bonchev–Trinajstić information content (AvgIpc) is 2.50. The molecular weight excluding hydrogens is 372 g/mol. The Bertz CT molecular complexity index is 793. The number of nitrogens with one attached hydrogen (secondary N) is 1. The summed E-state index contributed by atoms with van der Waals surface area (Å²) in [5.74, 6) is 1.04. The van der Waals surface area contributed by atoms with E-state index in [2.05, 4.69) is 25.6 Å². The van der Waals surface area contributed by atoms with Crippen molar-refractivity contribution in [1.82, 2.24) is 4.98 Å². The summed E-state index contributed by atoms with van der Waals surface area (Å²) >= 11 is 3.32. The number of nitrogens with zero attached hydrogens (tertiary/aromatic N) is 1. The Balaban J connectivity index is 2.35. The van der Waals surface area contributed by atoms with Crippen molar-refractivity contribution < 1.29 is 17.9 Å². The van der Waals surface area contributed by atoms with Gasteiger partial charge in [-0.15, -0.1) is 0 Å². The third-order valence-corrected chi connectivity index (χ3v) is 5.12. The molecule has 0 fully saturated rings. The number of rotatable bonds is 5. The number of halogens is 1. The SMILES string of the molecule is COc1ccc(S(=O)(=O)Nc2ccc(Br)c(C)n2)cc1OC. The molecule has 2 rings (SSSR count). The Morgan fingerprint density at radius 3 is 2.36 bits per heavy atom. The van der Waals surface area contributed by atoms with Crippen molar-refractivity contribution in [3.63, 3.8) is 0 Å².